The average Bonchev–Trinajstić information content (AvgIpc) is 2.62. The second-order valence-corrected chi connectivity index (χ2v) is 6.32. The van der Waals surface area contributed by atoms with E-state index < -0.39 is 0 Å². The molecule has 0 amide bonds. The molecule has 0 atom stereocenters. The Morgan fingerprint density at radius 1 is 0.864 bits per heavy atom. The minimum Gasteiger partial charge on any atom is -0.392 e. The van der Waals surface area contributed by atoms with Crippen LogP contribution in [-0.4, -0.2) is 5.11 Å². The standard InChI is InChI=1S/C21H24O/c1-2-16-3-7-18(8-4-16)20-11-13-21(14-12-20)19-9-5-17(15-22)6-10-19/h2,5-6,9-14,16,18,22H,1,3-4,7-8,15H2/t16-,18-. The molecule has 2 aromatic carbocycles. The van der Waals surface area contributed by atoms with Crippen LogP contribution in [0.15, 0.2) is 61.2 Å². The van der Waals surface area contributed by atoms with Crippen molar-refractivity contribution < 1.29 is 5.11 Å². The monoisotopic (exact) mass is 292 g/mol. The molecule has 0 radical (unpaired) electrons. The van der Waals surface area contributed by atoms with E-state index in [1.807, 2.05) is 12.1 Å². The number of rotatable bonds is 4. The molecular weight excluding hydrogens is 268 g/mol. The number of hydrogen-bond acceptors (Lipinski definition) is 1. The lowest BCUT2D eigenvalue weighted by Gasteiger charge is -2.27. The molecule has 1 aliphatic rings. The van der Waals surface area contributed by atoms with Gasteiger partial charge in [0, 0.05) is 0 Å². The predicted molar refractivity (Wildman–Crippen MR) is 92.7 cm³/mol. The highest BCUT2D eigenvalue weighted by Crippen LogP contribution is 2.36. The van der Waals surface area contributed by atoms with E-state index in [-0.39, 0.29) is 6.61 Å². The molecular formula is C21H24O. The fourth-order valence-corrected chi connectivity index (χ4v) is 3.44. The van der Waals surface area contributed by atoms with Crippen molar-refractivity contribution in [3.05, 3.63) is 72.3 Å². The van der Waals surface area contributed by atoms with Crippen LogP contribution in [0.4, 0.5) is 0 Å². The van der Waals surface area contributed by atoms with Gasteiger partial charge in [0.2, 0.25) is 0 Å². The summed E-state index contributed by atoms with van der Waals surface area (Å²) in [4.78, 5) is 0. The van der Waals surface area contributed by atoms with Crippen LogP contribution in [0, 0.1) is 5.92 Å². The van der Waals surface area contributed by atoms with E-state index >= 15 is 0 Å². The van der Waals surface area contributed by atoms with Gasteiger partial charge in [-0.1, -0.05) is 54.6 Å². The summed E-state index contributed by atoms with van der Waals surface area (Å²) in [6.07, 6.45) is 7.23. The molecule has 22 heavy (non-hydrogen) atoms. The Bertz CT molecular complexity index is 601. The number of allylic oxidation sites excluding steroid dienone is 1. The third kappa shape index (κ3) is 3.31. The van der Waals surface area contributed by atoms with Crippen molar-refractivity contribution in [3.63, 3.8) is 0 Å². The molecule has 0 saturated heterocycles. The Balaban J connectivity index is 1.71. The minimum absolute atomic E-state index is 0.104. The molecule has 1 heteroatoms. The van der Waals surface area contributed by atoms with Gasteiger partial charge >= 0.3 is 0 Å². The average molecular weight is 292 g/mol. The number of aliphatic hydroxyl groups excluding tert-OH is 1. The maximum Gasteiger partial charge on any atom is 0.0681 e. The second kappa shape index (κ2) is 6.93. The molecule has 1 N–H and O–H groups in total. The van der Waals surface area contributed by atoms with Crippen LogP contribution in [0.2, 0.25) is 0 Å². The van der Waals surface area contributed by atoms with E-state index in [4.69, 9.17) is 5.11 Å². The number of benzene rings is 2. The van der Waals surface area contributed by atoms with Crippen molar-refractivity contribution in [2.75, 3.05) is 0 Å². The molecule has 3 rings (SSSR count). The molecule has 0 aromatic heterocycles. The van der Waals surface area contributed by atoms with Gasteiger partial charge in [0.05, 0.1) is 6.61 Å². The Kier molecular flexibility index (Phi) is 4.74. The largest absolute Gasteiger partial charge is 0.392 e. The Morgan fingerprint density at radius 2 is 1.41 bits per heavy atom. The van der Waals surface area contributed by atoms with Gasteiger partial charge in [-0.2, -0.15) is 0 Å². The summed E-state index contributed by atoms with van der Waals surface area (Å²) in [6.45, 7) is 4.03. The maximum atomic E-state index is 9.11. The van der Waals surface area contributed by atoms with Crippen molar-refractivity contribution in [2.45, 2.75) is 38.2 Å². The van der Waals surface area contributed by atoms with E-state index in [0.717, 1.165) is 11.5 Å². The smallest absolute Gasteiger partial charge is 0.0681 e. The minimum atomic E-state index is 0.104. The van der Waals surface area contributed by atoms with Crippen molar-refractivity contribution in [3.8, 4) is 11.1 Å². The van der Waals surface area contributed by atoms with Crippen LogP contribution >= 0.6 is 0 Å². The summed E-state index contributed by atoms with van der Waals surface area (Å²) in [5, 5.41) is 9.11. The van der Waals surface area contributed by atoms with Gasteiger partial charge in [-0.3, -0.25) is 0 Å². The van der Waals surface area contributed by atoms with Crippen LogP contribution in [0.1, 0.15) is 42.7 Å². The highest BCUT2D eigenvalue weighted by Gasteiger charge is 2.20. The van der Waals surface area contributed by atoms with Crippen molar-refractivity contribution in [2.24, 2.45) is 5.92 Å². The molecule has 1 saturated carbocycles. The highest BCUT2D eigenvalue weighted by molar-refractivity contribution is 5.64. The molecule has 1 aliphatic carbocycles. The van der Waals surface area contributed by atoms with E-state index in [2.05, 4.69) is 49.1 Å². The molecule has 2 aromatic rings. The third-order valence-corrected chi connectivity index (χ3v) is 4.96. The van der Waals surface area contributed by atoms with Gasteiger partial charge in [0.25, 0.3) is 0 Å². The van der Waals surface area contributed by atoms with Crippen LogP contribution < -0.4 is 0 Å². The molecule has 0 aliphatic heterocycles. The molecule has 0 heterocycles. The SMILES string of the molecule is C=C[C@H]1CC[C@H](c2ccc(-c3ccc(CO)cc3)cc2)CC1. The van der Waals surface area contributed by atoms with Gasteiger partial charge in [0.15, 0.2) is 0 Å². The second-order valence-electron chi connectivity index (χ2n) is 6.32. The Labute approximate surface area is 133 Å². The molecule has 0 bridgehead atoms. The topological polar surface area (TPSA) is 20.2 Å². The quantitative estimate of drug-likeness (QED) is 0.758. The van der Waals surface area contributed by atoms with E-state index in [1.54, 1.807) is 0 Å². The fraction of sp³-hybridized carbons (Fsp3) is 0.333. The number of hydrogen-bond donors (Lipinski definition) is 1. The lowest BCUT2D eigenvalue weighted by molar-refractivity contribution is 0.282. The van der Waals surface area contributed by atoms with Crippen LogP contribution in [-0.2, 0) is 6.61 Å². The van der Waals surface area contributed by atoms with E-state index in [0.29, 0.717) is 5.92 Å². The molecule has 0 spiro atoms. The first-order chi connectivity index (χ1) is 10.8. The molecule has 1 nitrogen and oxygen atoms in total. The zero-order valence-corrected chi connectivity index (χ0v) is 13.0. The predicted octanol–water partition coefficient (Wildman–Crippen LogP) is 5.31. The first-order valence-electron chi connectivity index (χ1n) is 8.23. The van der Waals surface area contributed by atoms with Crippen molar-refractivity contribution in [1.29, 1.82) is 0 Å². The first-order valence-corrected chi connectivity index (χ1v) is 8.23. The Morgan fingerprint density at radius 3 is 1.91 bits per heavy atom. The summed E-state index contributed by atoms with van der Waals surface area (Å²) in [5.74, 6) is 1.43. The van der Waals surface area contributed by atoms with Crippen LogP contribution in [0.25, 0.3) is 11.1 Å². The maximum absolute atomic E-state index is 9.11. The summed E-state index contributed by atoms with van der Waals surface area (Å²) >= 11 is 0. The van der Waals surface area contributed by atoms with E-state index in [1.165, 1.54) is 42.4 Å². The van der Waals surface area contributed by atoms with Gasteiger partial charge in [0.1, 0.15) is 0 Å². The molecule has 1 fully saturated rings. The van der Waals surface area contributed by atoms with Crippen molar-refractivity contribution in [1.82, 2.24) is 0 Å². The third-order valence-electron chi connectivity index (χ3n) is 4.96. The zero-order valence-electron chi connectivity index (χ0n) is 13.0. The highest BCUT2D eigenvalue weighted by atomic mass is 16.3. The lowest BCUT2D eigenvalue weighted by atomic mass is 9.78. The van der Waals surface area contributed by atoms with Gasteiger partial charge in [-0.25, -0.2) is 0 Å². The van der Waals surface area contributed by atoms with Gasteiger partial charge in [-0.05, 0) is 59.8 Å². The summed E-state index contributed by atoms with van der Waals surface area (Å²) < 4.78 is 0. The number of aliphatic hydroxyl groups is 1. The summed E-state index contributed by atoms with van der Waals surface area (Å²) in [6, 6.07) is 17.2. The Hall–Kier alpha value is -1.86. The van der Waals surface area contributed by atoms with Crippen molar-refractivity contribution >= 4 is 0 Å². The molecule has 114 valence electrons. The summed E-state index contributed by atoms with van der Waals surface area (Å²) in [7, 11) is 0. The van der Waals surface area contributed by atoms with Crippen LogP contribution in [0.5, 0.6) is 0 Å². The zero-order chi connectivity index (χ0) is 15.4. The van der Waals surface area contributed by atoms with Crippen LogP contribution in [0.3, 0.4) is 0 Å². The van der Waals surface area contributed by atoms with Gasteiger partial charge in [-0.15, -0.1) is 6.58 Å². The normalized spacial score (nSPS) is 21.5. The lowest BCUT2D eigenvalue weighted by Crippen LogP contribution is -2.11. The molecule has 0 unspecified atom stereocenters. The fourth-order valence-electron chi connectivity index (χ4n) is 3.44. The summed E-state index contributed by atoms with van der Waals surface area (Å²) in [5.41, 5.74) is 4.88. The van der Waals surface area contributed by atoms with Gasteiger partial charge < -0.3 is 5.11 Å². The van der Waals surface area contributed by atoms with E-state index in [9.17, 15) is 0 Å². The first kappa shape index (κ1) is 15.1.